The maximum atomic E-state index is 12.3. The third-order valence-electron chi connectivity index (χ3n) is 2.90. The fourth-order valence-corrected chi connectivity index (χ4v) is 3.97. The number of nitrogens with two attached hydrogens (primary N) is 1. The summed E-state index contributed by atoms with van der Waals surface area (Å²) in [5.41, 5.74) is 5.73. The molecule has 3 N–H and O–H groups in total. The van der Waals surface area contributed by atoms with E-state index in [-0.39, 0.29) is 32.7 Å². The summed E-state index contributed by atoms with van der Waals surface area (Å²) in [5, 5.41) is -0.00916. The van der Waals surface area contributed by atoms with Gasteiger partial charge >= 0.3 is 6.36 Å². The number of sulfonamides is 1. The topological polar surface area (TPSA) is 81.4 Å². The predicted octanol–water partition coefficient (Wildman–Crippen LogP) is 3.95. The number of rotatable bonds is 5. The van der Waals surface area contributed by atoms with Gasteiger partial charge in [-0.25, -0.2) is 13.1 Å². The van der Waals surface area contributed by atoms with Crippen LogP contribution in [-0.4, -0.2) is 14.8 Å². The number of nitrogen functional groups attached to an aromatic ring is 1. The van der Waals surface area contributed by atoms with E-state index in [1.807, 2.05) is 0 Å². The van der Waals surface area contributed by atoms with Crippen LogP contribution in [0.4, 0.5) is 18.9 Å². The first kappa shape index (κ1) is 19.6. The van der Waals surface area contributed by atoms with Gasteiger partial charge < -0.3 is 10.5 Å². The zero-order chi connectivity index (χ0) is 18.8. The molecule has 2 aromatic carbocycles. The van der Waals surface area contributed by atoms with E-state index in [9.17, 15) is 21.6 Å². The summed E-state index contributed by atoms with van der Waals surface area (Å²) < 4.78 is 67.3. The summed E-state index contributed by atoms with van der Waals surface area (Å²) in [6.07, 6.45) is -4.84. The van der Waals surface area contributed by atoms with E-state index in [1.54, 1.807) is 0 Å². The smallest absolute Gasteiger partial charge is 0.406 e. The van der Waals surface area contributed by atoms with Crippen LogP contribution < -0.4 is 15.2 Å². The van der Waals surface area contributed by atoms with Crippen LogP contribution in [0.3, 0.4) is 0 Å². The van der Waals surface area contributed by atoms with E-state index >= 15 is 0 Å². The maximum Gasteiger partial charge on any atom is 0.573 e. The van der Waals surface area contributed by atoms with Crippen LogP contribution in [0.25, 0.3) is 0 Å². The fourth-order valence-electron chi connectivity index (χ4n) is 1.97. The van der Waals surface area contributed by atoms with Crippen LogP contribution in [0.15, 0.2) is 41.3 Å². The van der Waals surface area contributed by atoms with Gasteiger partial charge in [0.05, 0.1) is 10.7 Å². The van der Waals surface area contributed by atoms with Crippen molar-refractivity contribution in [2.75, 3.05) is 5.73 Å². The van der Waals surface area contributed by atoms with E-state index in [0.29, 0.717) is 0 Å². The highest BCUT2D eigenvalue weighted by Crippen LogP contribution is 2.31. The molecule has 0 unspecified atom stereocenters. The van der Waals surface area contributed by atoms with Crippen LogP contribution in [0.1, 0.15) is 5.56 Å². The van der Waals surface area contributed by atoms with Gasteiger partial charge in [-0.05, 0) is 29.8 Å². The van der Waals surface area contributed by atoms with Gasteiger partial charge in [0.1, 0.15) is 10.6 Å². The van der Waals surface area contributed by atoms with Crippen molar-refractivity contribution >= 4 is 38.9 Å². The van der Waals surface area contributed by atoms with E-state index in [1.165, 1.54) is 24.3 Å². The summed E-state index contributed by atoms with van der Waals surface area (Å²) >= 11 is 11.6. The Labute approximate surface area is 151 Å². The van der Waals surface area contributed by atoms with Crippen molar-refractivity contribution in [2.24, 2.45) is 0 Å². The Hall–Kier alpha value is -1.68. The normalized spacial score (nSPS) is 12.2. The molecule has 2 aromatic rings. The number of nitrogens with one attached hydrogen (secondary N) is 1. The molecule has 5 nitrogen and oxygen atoms in total. The first-order valence-electron chi connectivity index (χ1n) is 6.57. The Balaban J connectivity index is 2.20. The van der Waals surface area contributed by atoms with Gasteiger partial charge in [-0.3, -0.25) is 0 Å². The molecule has 0 fully saturated rings. The molecule has 0 spiro atoms. The molecule has 0 aromatic heterocycles. The molecule has 0 aliphatic heterocycles. The molecule has 136 valence electrons. The molecule has 0 amide bonds. The molecule has 11 heteroatoms. The zero-order valence-corrected chi connectivity index (χ0v) is 14.6. The molecule has 25 heavy (non-hydrogen) atoms. The Morgan fingerprint density at radius 1 is 1.16 bits per heavy atom. The van der Waals surface area contributed by atoms with Gasteiger partial charge in [0.15, 0.2) is 0 Å². The number of benzene rings is 2. The van der Waals surface area contributed by atoms with E-state index in [2.05, 4.69) is 9.46 Å². The minimum atomic E-state index is -4.84. The molecule has 0 aliphatic carbocycles. The Morgan fingerprint density at radius 2 is 1.84 bits per heavy atom. The predicted molar refractivity (Wildman–Crippen MR) is 88.0 cm³/mol. The zero-order valence-electron chi connectivity index (χ0n) is 12.3. The van der Waals surface area contributed by atoms with Gasteiger partial charge in [0.25, 0.3) is 0 Å². The van der Waals surface area contributed by atoms with E-state index < -0.39 is 22.1 Å². The van der Waals surface area contributed by atoms with Crippen LogP contribution in [0, 0.1) is 0 Å². The highest BCUT2D eigenvalue weighted by molar-refractivity contribution is 7.89. The molecule has 0 radical (unpaired) electrons. The monoisotopic (exact) mass is 414 g/mol. The molecule has 0 bridgehead atoms. The molecule has 0 saturated heterocycles. The van der Waals surface area contributed by atoms with Gasteiger partial charge in [0.2, 0.25) is 10.0 Å². The lowest BCUT2D eigenvalue weighted by atomic mass is 10.2. The molecule has 0 aliphatic rings. The van der Waals surface area contributed by atoms with E-state index in [4.69, 9.17) is 28.9 Å². The minimum Gasteiger partial charge on any atom is -0.406 e. The Kier molecular flexibility index (Phi) is 5.72. The SMILES string of the molecule is Nc1cc(Cl)cc(Cl)c1S(=O)(=O)NCc1cccc(OC(F)(F)F)c1. The van der Waals surface area contributed by atoms with Crippen molar-refractivity contribution in [3.05, 3.63) is 52.0 Å². The summed E-state index contributed by atoms with van der Waals surface area (Å²) in [4.78, 5) is -0.360. The molecule has 2 rings (SSSR count). The third-order valence-corrected chi connectivity index (χ3v) is 5.05. The second-order valence-corrected chi connectivity index (χ2v) is 7.37. The van der Waals surface area contributed by atoms with Crippen molar-refractivity contribution in [1.29, 1.82) is 0 Å². The molecule has 0 heterocycles. The molecular weight excluding hydrogens is 404 g/mol. The van der Waals surface area contributed by atoms with Crippen LogP contribution in [-0.2, 0) is 16.6 Å². The van der Waals surface area contributed by atoms with Gasteiger partial charge in [-0.2, -0.15) is 0 Å². The summed E-state index contributed by atoms with van der Waals surface area (Å²) in [7, 11) is -4.11. The summed E-state index contributed by atoms with van der Waals surface area (Å²) in [5.74, 6) is -0.465. The summed E-state index contributed by atoms with van der Waals surface area (Å²) in [6.45, 7) is -0.296. The molecule has 0 saturated carbocycles. The van der Waals surface area contributed by atoms with Crippen LogP contribution >= 0.6 is 23.2 Å². The number of alkyl halides is 3. The summed E-state index contributed by atoms with van der Waals surface area (Å²) in [6, 6.07) is 7.32. The standard InChI is InChI=1S/C14H11Cl2F3N2O3S/c15-9-5-11(16)13(12(20)6-9)25(22,23)21-7-8-2-1-3-10(4-8)24-14(17,18)19/h1-6,21H,7,20H2. The maximum absolute atomic E-state index is 12.3. The van der Waals surface area contributed by atoms with Crippen LogP contribution in [0.2, 0.25) is 10.0 Å². The van der Waals surface area contributed by atoms with Crippen molar-refractivity contribution < 1.29 is 26.3 Å². The van der Waals surface area contributed by atoms with Crippen molar-refractivity contribution in [1.82, 2.24) is 4.72 Å². The first-order chi connectivity index (χ1) is 11.5. The van der Waals surface area contributed by atoms with Crippen LogP contribution in [0.5, 0.6) is 5.75 Å². The highest BCUT2D eigenvalue weighted by atomic mass is 35.5. The number of ether oxygens (including phenoxy) is 1. The van der Waals surface area contributed by atoms with Gasteiger partial charge in [-0.1, -0.05) is 35.3 Å². The quantitative estimate of drug-likeness (QED) is 0.725. The largest absolute Gasteiger partial charge is 0.573 e. The Bertz CT molecular complexity index is 866. The van der Waals surface area contributed by atoms with Gasteiger partial charge in [0, 0.05) is 11.6 Å². The fraction of sp³-hybridized carbons (Fsp3) is 0.143. The van der Waals surface area contributed by atoms with Gasteiger partial charge in [-0.15, -0.1) is 13.2 Å². The van der Waals surface area contributed by atoms with E-state index in [0.717, 1.165) is 12.1 Å². The number of anilines is 1. The number of hydrogen-bond acceptors (Lipinski definition) is 4. The minimum absolute atomic E-state index is 0.154. The lowest BCUT2D eigenvalue weighted by molar-refractivity contribution is -0.274. The average molecular weight is 415 g/mol. The van der Waals surface area contributed by atoms with Crippen molar-refractivity contribution in [3.63, 3.8) is 0 Å². The molecular formula is C14H11Cl2F3N2O3S. The second-order valence-electron chi connectivity index (χ2n) is 4.83. The Morgan fingerprint density at radius 3 is 2.44 bits per heavy atom. The molecule has 0 atom stereocenters. The van der Waals surface area contributed by atoms with Crippen molar-refractivity contribution in [2.45, 2.75) is 17.8 Å². The van der Waals surface area contributed by atoms with Crippen molar-refractivity contribution in [3.8, 4) is 5.75 Å². The highest BCUT2D eigenvalue weighted by Gasteiger charge is 2.31. The lowest BCUT2D eigenvalue weighted by Crippen LogP contribution is -2.24. The third kappa shape index (κ3) is 5.40. The number of halogens is 5. The average Bonchev–Trinajstić information content (AvgIpc) is 2.42. The number of hydrogen-bond donors (Lipinski definition) is 2. The lowest BCUT2D eigenvalue weighted by Gasteiger charge is -2.12. The second kappa shape index (κ2) is 7.28. The first-order valence-corrected chi connectivity index (χ1v) is 8.81.